The Morgan fingerprint density at radius 3 is 2.46 bits per heavy atom. The molecule has 0 aliphatic rings. The van der Waals surface area contributed by atoms with Crippen molar-refractivity contribution in [2.75, 3.05) is 5.75 Å². The standard InChI is InChI=1S/C17H14ClN3O2S/c18-13-6-8-14(9-7-13)21-15(10-12-4-2-1-3-5-12)19-20-17(21)24-11-16(22)23/h1-9H,10-11H2,(H,22,23). The number of rotatable bonds is 6. The third-order valence-electron chi connectivity index (χ3n) is 3.32. The highest BCUT2D eigenvalue weighted by atomic mass is 35.5. The van der Waals surface area contributed by atoms with Gasteiger partial charge in [0.1, 0.15) is 5.82 Å². The lowest BCUT2D eigenvalue weighted by Gasteiger charge is -2.10. The molecule has 122 valence electrons. The fourth-order valence-electron chi connectivity index (χ4n) is 2.26. The normalized spacial score (nSPS) is 10.7. The Balaban J connectivity index is 1.98. The Kier molecular flexibility index (Phi) is 5.17. The van der Waals surface area contributed by atoms with Crippen LogP contribution in [0.15, 0.2) is 59.8 Å². The van der Waals surface area contributed by atoms with Gasteiger partial charge in [-0.1, -0.05) is 53.7 Å². The van der Waals surface area contributed by atoms with Gasteiger partial charge in [-0.05, 0) is 29.8 Å². The molecule has 3 aromatic rings. The quantitative estimate of drug-likeness (QED) is 0.680. The maximum absolute atomic E-state index is 10.9. The van der Waals surface area contributed by atoms with Crippen LogP contribution in [0.25, 0.3) is 5.69 Å². The zero-order valence-corrected chi connectivity index (χ0v) is 14.2. The van der Waals surface area contributed by atoms with Crippen molar-refractivity contribution < 1.29 is 9.90 Å². The number of carbonyl (C=O) groups is 1. The monoisotopic (exact) mass is 359 g/mol. The van der Waals surface area contributed by atoms with Crippen LogP contribution >= 0.6 is 23.4 Å². The summed E-state index contributed by atoms with van der Waals surface area (Å²) < 4.78 is 1.87. The van der Waals surface area contributed by atoms with Crippen molar-refractivity contribution in [2.45, 2.75) is 11.6 Å². The summed E-state index contributed by atoms with van der Waals surface area (Å²) in [7, 11) is 0. The summed E-state index contributed by atoms with van der Waals surface area (Å²) in [4.78, 5) is 10.9. The summed E-state index contributed by atoms with van der Waals surface area (Å²) in [6.07, 6.45) is 0.601. The smallest absolute Gasteiger partial charge is 0.313 e. The highest BCUT2D eigenvalue weighted by Crippen LogP contribution is 2.24. The number of hydrogen-bond donors (Lipinski definition) is 1. The average molecular weight is 360 g/mol. The van der Waals surface area contributed by atoms with Crippen LogP contribution in [0.5, 0.6) is 0 Å². The van der Waals surface area contributed by atoms with Crippen LogP contribution in [0.3, 0.4) is 0 Å². The van der Waals surface area contributed by atoms with E-state index in [4.69, 9.17) is 16.7 Å². The summed E-state index contributed by atoms with van der Waals surface area (Å²) in [5.74, 6) is -0.219. The molecular formula is C17H14ClN3O2S. The van der Waals surface area contributed by atoms with Crippen molar-refractivity contribution in [3.05, 3.63) is 71.0 Å². The largest absolute Gasteiger partial charge is 0.481 e. The van der Waals surface area contributed by atoms with Gasteiger partial charge in [0.2, 0.25) is 0 Å². The van der Waals surface area contributed by atoms with Crippen LogP contribution in [0, 0.1) is 0 Å². The molecule has 0 spiro atoms. The molecule has 0 amide bonds. The Labute approximate surface area is 148 Å². The van der Waals surface area contributed by atoms with Gasteiger partial charge in [-0.15, -0.1) is 10.2 Å². The maximum atomic E-state index is 10.9. The van der Waals surface area contributed by atoms with Gasteiger partial charge in [0.25, 0.3) is 0 Å². The van der Waals surface area contributed by atoms with Gasteiger partial charge in [0.15, 0.2) is 5.16 Å². The maximum Gasteiger partial charge on any atom is 0.313 e. The minimum atomic E-state index is -0.893. The second kappa shape index (κ2) is 7.51. The van der Waals surface area contributed by atoms with E-state index in [1.165, 1.54) is 0 Å². The summed E-state index contributed by atoms with van der Waals surface area (Å²) in [5.41, 5.74) is 1.96. The first kappa shape index (κ1) is 16.5. The number of halogens is 1. The van der Waals surface area contributed by atoms with Gasteiger partial charge < -0.3 is 5.11 Å². The van der Waals surface area contributed by atoms with Gasteiger partial charge in [-0.3, -0.25) is 9.36 Å². The summed E-state index contributed by atoms with van der Waals surface area (Å²) in [6.45, 7) is 0. The molecule has 0 unspecified atom stereocenters. The highest BCUT2D eigenvalue weighted by molar-refractivity contribution is 7.99. The molecule has 7 heteroatoms. The topological polar surface area (TPSA) is 68.0 Å². The lowest BCUT2D eigenvalue weighted by atomic mass is 10.1. The molecule has 0 radical (unpaired) electrons. The van der Waals surface area contributed by atoms with Crippen LogP contribution in [0.1, 0.15) is 11.4 Å². The van der Waals surface area contributed by atoms with Crippen molar-refractivity contribution in [1.29, 1.82) is 0 Å². The molecule has 1 N–H and O–H groups in total. The molecule has 1 heterocycles. The summed E-state index contributed by atoms with van der Waals surface area (Å²) in [5, 5.41) is 18.5. The van der Waals surface area contributed by atoms with E-state index < -0.39 is 5.97 Å². The van der Waals surface area contributed by atoms with Gasteiger partial charge in [0, 0.05) is 17.1 Å². The summed E-state index contributed by atoms with van der Waals surface area (Å²) >= 11 is 7.10. The highest BCUT2D eigenvalue weighted by Gasteiger charge is 2.16. The van der Waals surface area contributed by atoms with Crippen LogP contribution < -0.4 is 0 Å². The minimum absolute atomic E-state index is 0.0724. The molecule has 24 heavy (non-hydrogen) atoms. The molecule has 1 aromatic heterocycles. The number of hydrogen-bond acceptors (Lipinski definition) is 4. The molecule has 0 atom stereocenters. The van der Waals surface area contributed by atoms with Crippen LogP contribution in [-0.4, -0.2) is 31.6 Å². The van der Waals surface area contributed by atoms with Crippen LogP contribution in [0.2, 0.25) is 5.02 Å². The van der Waals surface area contributed by atoms with Gasteiger partial charge in [-0.2, -0.15) is 0 Å². The van der Waals surface area contributed by atoms with Crippen molar-refractivity contribution >= 4 is 29.3 Å². The minimum Gasteiger partial charge on any atom is -0.481 e. The van der Waals surface area contributed by atoms with E-state index in [0.717, 1.165) is 28.8 Å². The van der Waals surface area contributed by atoms with Crippen LogP contribution in [0.4, 0.5) is 0 Å². The zero-order chi connectivity index (χ0) is 16.9. The number of aromatic nitrogens is 3. The molecule has 0 aliphatic carbocycles. The first-order valence-electron chi connectivity index (χ1n) is 7.22. The second-order valence-electron chi connectivity index (χ2n) is 5.06. The number of carboxylic acids is 1. The van der Waals surface area contributed by atoms with Gasteiger partial charge in [-0.25, -0.2) is 0 Å². The van der Waals surface area contributed by atoms with Crippen molar-refractivity contribution in [2.24, 2.45) is 0 Å². The molecule has 0 saturated heterocycles. The van der Waals surface area contributed by atoms with Gasteiger partial charge in [0.05, 0.1) is 5.75 Å². The third-order valence-corrected chi connectivity index (χ3v) is 4.48. The van der Waals surface area contributed by atoms with Gasteiger partial charge >= 0.3 is 5.97 Å². The Morgan fingerprint density at radius 1 is 1.08 bits per heavy atom. The van der Waals surface area contributed by atoms with E-state index in [0.29, 0.717) is 16.6 Å². The van der Waals surface area contributed by atoms with E-state index in [2.05, 4.69) is 10.2 Å². The van der Waals surface area contributed by atoms with E-state index in [1.807, 2.05) is 47.0 Å². The number of benzene rings is 2. The van der Waals surface area contributed by atoms with Crippen molar-refractivity contribution in [3.63, 3.8) is 0 Å². The average Bonchev–Trinajstić information content (AvgIpc) is 2.97. The Hall–Kier alpha value is -2.31. The van der Waals surface area contributed by atoms with Crippen molar-refractivity contribution in [3.8, 4) is 5.69 Å². The van der Waals surface area contributed by atoms with Crippen molar-refractivity contribution in [1.82, 2.24) is 14.8 Å². The lowest BCUT2D eigenvalue weighted by Crippen LogP contribution is -2.05. The molecule has 0 saturated carbocycles. The fraction of sp³-hybridized carbons (Fsp3) is 0.118. The SMILES string of the molecule is O=C(O)CSc1nnc(Cc2ccccc2)n1-c1ccc(Cl)cc1. The fourth-order valence-corrected chi connectivity index (χ4v) is 3.08. The third kappa shape index (κ3) is 3.96. The van der Waals surface area contributed by atoms with E-state index in [9.17, 15) is 4.79 Å². The lowest BCUT2D eigenvalue weighted by molar-refractivity contribution is -0.133. The zero-order valence-electron chi connectivity index (χ0n) is 12.6. The molecule has 0 bridgehead atoms. The van der Waals surface area contributed by atoms with E-state index in [-0.39, 0.29) is 5.75 Å². The predicted molar refractivity (Wildman–Crippen MR) is 94.0 cm³/mol. The molecule has 3 rings (SSSR count). The number of aliphatic carboxylic acids is 1. The summed E-state index contributed by atoms with van der Waals surface area (Å²) in [6, 6.07) is 17.2. The van der Waals surface area contributed by atoms with E-state index >= 15 is 0 Å². The first-order chi connectivity index (χ1) is 11.6. The number of thioether (sulfide) groups is 1. The first-order valence-corrected chi connectivity index (χ1v) is 8.58. The molecule has 0 aliphatic heterocycles. The molecule has 2 aromatic carbocycles. The second-order valence-corrected chi connectivity index (χ2v) is 6.43. The Bertz CT molecular complexity index is 835. The molecular weight excluding hydrogens is 346 g/mol. The Morgan fingerprint density at radius 2 is 1.79 bits per heavy atom. The molecule has 0 fully saturated rings. The van der Waals surface area contributed by atoms with Crippen LogP contribution in [-0.2, 0) is 11.2 Å². The predicted octanol–water partition coefficient (Wildman–Crippen LogP) is 3.69. The molecule has 5 nitrogen and oxygen atoms in total. The number of carboxylic acid groups (broad SMARTS) is 1. The number of nitrogens with zero attached hydrogens (tertiary/aromatic N) is 3. The van der Waals surface area contributed by atoms with E-state index in [1.54, 1.807) is 12.1 Å².